The minimum Gasteiger partial charge on any atom is -0.473 e. The van der Waals surface area contributed by atoms with E-state index in [4.69, 9.17) is 10.5 Å². The summed E-state index contributed by atoms with van der Waals surface area (Å²) in [4.78, 5) is 9.20. The van der Waals surface area contributed by atoms with Crippen molar-refractivity contribution in [1.29, 1.82) is 0 Å². The van der Waals surface area contributed by atoms with Gasteiger partial charge in [-0.2, -0.15) is 4.98 Å². The standard InChI is InChI=1S/C15H26N4O/c1-11(2)20-15-13(16)7-8-14(17-15)19-9-5-6-12(10-19)18(3)4/h7-8,11-12H,5-6,9-10,16H2,1-4H3. The molecule has 5 nitrogen and oxygen atoms in total. The molecule has 20 heavy (non-hydrogen) atoms. The maximum absolute atomic E-state index is 5.93. The zero-order chi connectivity index (χ0) is 14.7. The topological polar surface area (TPSA) is 54.6 Å². The van der Waals surface area contributed by atoms with E-state index in [1.54, 1.807) is 0 Å². The van der Waals surface area contributed by atoms with Crippen LogP contribution in [0, 0.1) is 0 Å². The van der Waals surface area contributed by atoms with Gasteiger partial charge in [-0.1, -0.05) is 0 Å². The molecule has 0 aliphatic carbocycles. The van der Waals surface area contributed by atoms with Crippen molar-refractivity contribution < 1.29 is 4.74 Å². The molecule has 0 bridgehead atoms. The van der Waals surface area contributed by atoms with E-state index >= 15 is 0 Å². The fourth-order valence-corrected chi connectivity index (χ4v) is 2.52. The first-order chi connectivity index (χ1) is 9.47. The summed E-state index contributed by atoms with van der Waals surface area (Å²) in [5.74, 6) is 1.51. The molecule has 1 aliphatic heterocycles. The van der Waals surface area contributed by atoms with Gasteiger partial charge in [-0.15, -0.1) is 0 Å². The molecule has 2 N–H and O–H groups in total. The summed E-state index contributed by atoms with van der Waals surface area (Å²) in [6.45, 7) is 6.01. The van der Waals surface area contributed by atoms with Crippen molar-refractivity contribution in [2.75, 3.05) is 37.8 Å². The largest absolute Gasteiger partial charge is 0.473 e. The van der Waals surface area contributed by atoms with Crippen LogP contribution in [0.2, 0.25) is 0 Å². The first-order valence-corrected chi connectivity index (χ1v) is 7.32. The summed E-state index contributed by atoms with van der Waals surface area (Å²) in [5, 5.41) is 0. The highest BCUT2D eigenvalue weighted by molar-refractivity contribution is 5.54. The van der Waals surface area contributed by atoms with Crippen LogP contribution in [0.4, 0.5) is 11.5 Å². The maximum atomic E-state index is 5.93. The highest BCUT2D eigenvalue weighted by Gasteiger charge is 2.23. The molecule has 1 aromatic heterocycles. The van der Waals surface area contributed by atoms with Crippen LogP contribution in [-0.4, -0.2) is 49.2 Å². The van der Waals surface area contributed by atoms with Gasteiger partial charge in [0.2, 0.25) is 5.88 Å². The van der Waals surface area contributed by atoms with Gasteiger partial charge in [0.15, 0.2) is 0 Å². The minimum absolute atomic E-state index is 0.0796. The Bertz CT molecular complexity index is 447. The number of rotatable bonds is 4. The van der Waals surface area contributed by atoms with Crippen molar-refractivity contribution in [3.63, 3.8) is 0 Å². The van der Waals surface area contributed by atoms with Crippen molar-refractivity contribution in [2.45, 2.75) is 38.8 Å². The molecule has 1 fully saturated rings. The Kier molecular flexibility index (Phi) is 4.70. The third kappa shape index (κ3) is 3.54. The number of likely N-dealkylation sites (N-methyl/N-ethyl adjacent to an activating group) is 1. The molecule has 5 heteroatoms. The molecule has 0 aromatic carbocycles. The van der Waals surface area contributed by atoms with Crippen LogP contribution in [-0.2, 0) is 0 Å². The van der Waals surface area contributed by atoms with Crippen molar-refractivity contribution >= 4 is 11.5 Å². The summed E-state index contributed by atoms with van der Waals surface area (Å²) < 4.78 is 5.68. The second kappa shape index (κ2) is 6.31. The summed E-state index contributed by atoms with van der Waals surface area (Å²) in [5.41, 5.74) is 6.53. The number of aromatic nitrogens is 1. The number of nitrogens with two attached hydrogens (primary N) is 1. The van der Waals surface area contributed by atoms with Crippen molar-refractivity contribution in [3.05, 3.63) is 12.1 Å². The highest BCUT2D eigenvalue weighted by Crippen LogP contribution is 2.26. The number of pyridine rings is 1. The molecule has 2 rings (SSSR count). The average molecular weight is 278 g/mol. The molecule has 1 saturated heterocycles. The lowest BCUT2D eigenvalue weighted by atomic mass is 10.1. The first kappa shape index (κ1) is 14.9. The predicted molar refractivity (Wildman–Crippen MR) is 83.3 cm³/mol. The van der Waals surface area contributed by atoms with Gasteiger partial charge in [0.25, 0.3) is 0 Å². The smallest absolute Gasteiger partial charge is 0.239 e. The second-order valence-electron chi connectivity index (χ2n) is 5.94. The van der Waals surface area contributed by atoms with Gasteiger partial charge in [0.05, 0.1) is 11.8 Å². The fourth-order valence-electron chi connectivity index (χ4n) is 2.52. The van der Waals surface area contributed by atoms with E-state index in [2.05, 4.69) is 28.9 Å². The van der Waals surface area contributed by atoms with Crippen LogP contribution in [0.5, 0.6) is 5.88 Å². The Balaban J connectivity index is 2.15. The monoisotopic (exact) mass is 278 g/mol. The molecule has 1 aromatic rings. The van der Waals surface area contributed by atoms with Crippen LogP contribution in [0.15, 0.2) is 12.1 Å². The Morgan fingerprint density at radius 1 is 1.40 bits per heavy atom. The summed E-state index contributed by atoms with van der Waals surface area (Å²) in [6, 6.07) is 4.46. The van der Waals surface area contributed by atoms with E-state index in [1.807, 2.05) is 26.0 Å². The molecule has 112 valence electrons. The molecule has 0 radical (unpaired) electrons. The lowest BCUT2D eigenvalue weighted by Gasteiger charge is -2.36. The molecule has 0 saturated carbocycles. The van der Waals surface area contributed by atoms with Gasteiger partial charge < -0.3 is 20.3 Å². The summed E-state index contributed by atoms with van der Waals surface area (Å²) in [6.07, 6.45) is 2.51. The Hall–Kier alpha value is -1.49. The van der Waals surface area contributed by atoms with E-state index < -0.39 is 0 Å². The Morgan fingerprint density at radius 2 is 2.15 bits per heavy atom. The molecule has 1 unspecified atom stereocenters. The number of piperidine rings is 1. The highest BCUT2D eigenvalue weighted by atomic mass is 16.5. The summed E-state index contributed by atoms with van der Waals surface area (Å²) in [7, 11) is 4.27. The lowest BCUT2D eigenvalue weighted by molar-refractivity contribution is 0.233. The quantitative estimate of drug-likeness (QED) is 0.912. The van der Waals surface area contributed by atoms with Gasteiger partial charge in [0, 0.05) is 19.1 Å². The first-order valence-electron chi connectivity index (χ1n) is 7.32. The van der Waals surface area contributed by atoms with Gasteiger partial charge in [-0.25, -0.2) is 0 Å². The van der Waals surface area contributed by atoms with E-state index in [-0.39, 0.29) is 6.10 Å². The SMILES string of the molecule is CC(C)Oc1nc(N2CCCC(N(C)C)C2)ccc1N. The number of hydrogen-bond acceptors (Lipinski definition) is 5. The van der Waals surface area contributed by atoms with E-state index in [0.717, 1.165) is 18.9 Å². The van der Waals surface area contributed by atoms with Crippen molar-refractivity contribution in [1.82, 2.24) is 9.88 Å². The Morgan fingerprint density at radius 3 is 2.80 bits per heavy atom. The zero-order valence-electron chi connectivity index (χ0n) is 13.0. The molecular formula is C15H26N4O. The van der Waals surface area contributed by atoms with Gasteiger partial charge in [-0.05, 0) is 52.9 Å². The summed E-state index contributed by atoms with van der Waals surface area (Å²) >= 11 is 0. The minimum atomic E-state index is 0.0796. The Labute approximate surface area is 121 Å². The van der Waals surface area contributed by atoms with Crippen LogP contribution in [0.1, 0.15) is 26.7 Å². The number of anilines is 2. The fraction of sp³-hybridized carbons (Fsp3) is 0.667. The molecular weight excluding hydrogens is 252 g/mol. The maximum Gasteiger partial charge on any atom is 0.239 e. The normalized spacial score (nSPS) is 19.7. The molecule has 1 atom stereocenters. The van der Waals surface area contributed by atoms with Crippen LogP contribution >= 0.6 is 0 Å². The van der Waals surface area contributed by atoms with Gasteiger partial charge >= 0.3 is 0 Å². The predicted octanol–water partition coefficient (Wildman–Crippen LogP) is 1.98. The van der Waals surface area contributed by atoms with Crippen molar-refractivity contribution in [3.8, 4) is 5.88 Å². The average Bonchev–Trinajstić information content (AvgIpc) is 2.41. The van der Waals surface area contributed by atoms with E-state index in [9.17, 15) is 0 Å². The number of nitrogen functional groups attached to an aromatic ring is 1. The van der Waals surface area contributed by atoms with Gasteiger partial charge in [-0.3, -0.25) is 0 Å². The zero-order valence-corrected chi connectivity index (χ0v) is 13.0. The molecule has 0 amide bonds. The van der Waals surface area contributed by atoms with Crippen molar-refractivity contribution in [2.24, 2.45) is 0 Å². The third-order valence-corrected chi connectivity index (χ3v) is 3.67. The van der Waals surface area contributed by atoms with E-state index in [0.29, 0.717) is 17.6 Å². The van der Waals surface area contributed by atoms with Crippen LogP contribution in [0.3, 0.4) is 0 Å². The van der Waals surface area contributed by atoms with E-state index in [1.165, 1.54) is 12.8 Å². The van der Waals surface area contributed by atoms with Crippen LogP contribution < -0.4 is 15.4 Å². The molecule has 2 heterocycles. The number of hydrogen-bond donors (Lipinski definition) is 1. The van der Waals surface area contributed by atoms with Crippen LogP contribution in [0.25, 0.3) is 0 Å². The lowest BCUT2D eigenvalue weighted by Crippen LogP contribution is -2.45. The number of nitrogens with zero attached hydrogens (tertiary/aromatic N) is 3. The number of ether oxygens (including phenoxy) is 1. The second-order valence-corrected chi connectivity index (χ2v) is 5.94. The third-order valence-electron chi connectivity index (χ3n) is 3.67. The molecule has 0 spiro atoms. The van der Waals surface area contributed by atoms with Gasteiger partial charge in [0.1, 0.15) is 5.82 Å². The molecule has 1 aliphatic rings.